The van der Waals surface area contributed by atoms with Gasteiger partial charge in [0.1, 0.15) is 40.0 Å². The number of anilines is 2. The van der Waals surface area contributed by atoms with Crippen molar-refractivity contribution in [3.05, 3.63) is 84.4 Å². The molecule has 2 aliphatic heterocycles. The molecule has 0 aliphatic carbocycles. The quantitative estimate of drug-likeness (QED) is 0.0902. The van der Waals surface area contributed by atoms with Crippen molar-refractivity contribution in [1.82, 2.24) is 40.8 Å². The molecule has 2 aromatic carbocycles. The van der Waals surface area contributed by atoms with Crippen molar-refractivity contribution in [2.24, 2.45) is 0 Å². The Morgan fingerprint density at radius 1 is 0.721 bits per heavy atom. The first-order valence-corrected chi connectivity index (χ1v) is 21.8. The zero-order chi connectivity index (χ0) is 42.9. The molecule has 2 atom stereocenters. The van der Waals surface area contributed by atoms with Gasteiger partial charge in [-0.1, -0.05) is 22.7 Å². The van der Waals surface area contributed by atoms with Crippen LogP contribution in [0.2, 0.25) is 0 Å². The van der Waals surface area contributed by atoms with Crippen LogP contribution in [0.5, 0.6) is 23.0 Å². The lowest BCUT2D eigenvalue weighted by Gasteiger charge is -2.34. The summed E-state index contributed by atoms with van der Waals surface area (Å²) >= 11 is 3.15. The number of thiazole rings is 2. The van der Waals surface area contributed by atoms with E-state index in [0.717, 1.165) is 63.0 Å². The van der Waals surface area contributed by atoms with Crippen molar-refractivity contribution in [3.63, 3.8) is 0 Å². The molecule has 8 rings (SSSR count). The number of nitrogens with zero attached hydrogens (tertiary/aromatic N) is 5. The molecule has 16 nitrogen and oxygen atoms in total. The first kappa shape index (κ1) is 43.0. The predicted molar refractivity (Wildman–Crippen MR) is 239 cm³/mol. The highest BCUT2D eigenvalue weighted by Gasteiger charge is 2.28. The van der Waals surface area contributed by atoms with Crippen LogP contribution in [-0.4, -0.2) is 101 Å². The van der Waals surface area contributed by atoms with Gasteiger partial charge in [-0.25, -0.2) is 14.8 Å². The summed E-state index contributed by atoms with van der Waals surface area (Å²) in [4.78, 5) is 55.2. The Kier molecular flexibility index (Phi) is 13.8. The van der Waals surface area contributed by atoms with Crippen molar-refractivity contribution >= 4 is 71.3 Å². The van der Waals surface area contributed by atoms with E-state index >= 15 is 0 Å². The zero-order valence-corrected chi connectivity index (χ0v) is 36.4. The van der Waals surface area contributed by atoms with E-state index in [2.05, 4.69) is 46.5 Å². The molecule has 0 spiro atoms. The van der Waals surface area contributed by atoms with Crippen LogP contribution in [0.25, 0.3) is 20.4 Å². The van der Waals surface area contributed by atoms with Gasteiger partial charge in [-0.3, -0.25) is 19.6 Å². The van der Waals surface area contributed by atoms with Crippen LogP contribution in [0, 0.1) is 0 Å². The van der Waals surface area contributed by atoms with Crippen molar-refractivity contribution in [2.45, 2.75) is 64.1 Å². The Labute approximate surface area is 361 Å². The fourth-order valence-electron chi connectivity index (χ4n) is 6.70. The number of hydrogen-bond acceptors (Lipinski definition) is 15. The summed E-state index contributed by atoms with van der Waals surface area (Å²) in [5, 5.41) is 17.2. The molecule has 61 heavy (non-hydrogen) atoms. The maximum atomic E-state index is 12.4. The second-order valence-corrected chi connectivity index (χ2v) is 17.6. The largest absolute Gasteiger partial charge is 0.457 e. The molecule has 0 saturated carbocycles. The lowest BCUT2D eigenvalue weighted by molar-refractivity contribution is 0.0206. The summed E-state index contributed by atoms with van der Waals surface area (Å²) in [5.74, 6) is 1.93. The molecule has 4 aromatic heterocycles. The fourth-order valence-corrected chi connectivity index (χ4v) is 8.64. The summed E-state index contributed by atoms with van der Waals surface area (Å²) in [6, 6.07) is 18.7. The number of nitrogens with one attached hydrogen (secondary N) is 5. The third-order valence-corrected chi connectivity index (χ3v) is 11.5. The van der Waals surface area contributed by atoms with Gasteiger partial charge in [0.25, 0.3) is 11.8 Å². The van der Waals surface area contributed by atoms with Gasteiger partial charge in [0.2, 0.25) is 0 Å². The maximum absolute atomic E-state index is 12.4. The van der Waals surface area contributed by atoms with E-state index in [1.165, 1.54) is 24.0 Å². The van der Waals surface area contributed by atoms with Crippen LogP contribution in [0.4, 0.5) is 15.1 Å². The number of carbonyl (C=O) groups is 3. The van der Waals surface area contributed by atoms with Crippen LogP contribution in [0.3, 0.4) is 0 Å². The average Bonchev–Trinajstić information content (AvgIpc) is 3.85. The van der Waals surface area contributed by atoms with Crippen LogP contribution < -0.4 is 36.1 Å². The van der Waals surface area contributed by atoms with Gasteiger partial charge in [0.15, 0.2) is 10.3 Å². The lowest BCUT2D eigenvalue weighted by Crippen LogP contribution is -2.46. The zero-order valence-electron chi connectivity index (χ0n) is 34.7. The third-order valence-electron chi connectivity index (χ3n) is 9.60. The molecule has 0 radical (unpaired) electrons. The Hall–Kier alpha value is -6.11. The van der Waals surface area contributed by atoms with Crippen molar-refractivity contribution in [2.75, 3.05) is 50.9 Å². The third kappa shape index (κ3) is 11.8. The Morgan fingerprint density at radius 3 is 1.75 bits per heavy atom. The number of hydrogen-bond donors (Lipinski definition) is 5. The Morgan fingerprint density at radius 2 is 1.25 bits per heavy atom. The second kappa shape index (κ2) is 19.5. The molecule has 2 saturated heterocycles. The van der Waals surface area contributed by atoms with E-state index in [9.17, 15) is 14.4 Å². The van der Waals surface area contributed by atoms with Gasteiger partial charge in [-0.05, 0) is 89.4 Å². The second-order valence-electron chi connectivity index (χ2n) is 15.5. The summed E-state index contributed by atoms with van der Waals surface area (Å²) < 4.78 is 19.4. The van der Waals surface area contributed by atoms with E-state index in [1.54, 1.807) is 60.8 Å². The van der Waals surface area contributed by atoms with Crippen LogP contribution in [0.1, 0.15) is 67.4 Å². The highest BCUT2D eigenvalue weighted by Crippen LogP contribution is 2.34. The number of amides is 3. The summed E-state index contributed by atoms with van der Waals surface area (Å²) in [5.41, 5.74) is 1.91. The van der Waals surface area contributed by atoms with Gasteiger partial charge in [0.05, 0.1) is 20.4 Å². The molecule has 5 N–H and O–H groups in total. The van der Waals surface area contributed by atoms with Crippen molar-refractivity contribution in [3.8, 4) is 23.0 Å². The van der Waals surface area contributed by atoms with E-state index < -0.39 is 5.60 Å². The molecule has 2 fully saturated rings. The molecular weight excluding hydrogens is 817 g/mol. The molecule has 0 unspecified atom stereocenters. The minimum atomic E-state index is -0.509. The summed E-state index contributed by atoms with van der Waals surface area (Å²) in [7, 11) is 3.13. The van der Waals surface area contributed by atoms with E-state index in [4.69, 9.17) is 14.2 Å². The topological polar surface area (TPSA) is 194 Å². The molecule has 6 aromatic rings. The first-order chi connectivity index (χ1) is 29.4. The average molecular weight is 867 g/mol. The number of ether oxygens (including phenoxy) is 3. The highest BCUT2D eigenvalue weighted by molar-refractivity contribution is 7.22. The van der Waals surface area contributed by atoms with Gasteiger partial charge in [-0.15, -0.1) is 0 Å². The lowest BCUT2D eigenvalue weighted by atomic mass is 10.1. The summed E-state index contributed by atoms with van der Waals surface area (Å²) in [6.45, 7) is 8.96. The standard InChI is InChI=1S/C24H29N5O4S.C19H21N5O2S/c1-24(2,3)33-23(31)29-11-5-6-15(14-29)27-22-28-18-8-7-16(13-20(18)34-22)32-17-9-10-26-19(12-17)21(30)25-4;1-20-18(25)16-9-14(6-8-22-16)26-13-4-5-15-17(10-13)27-19(24-15)23-12-3-2-7-21-11-12/h7-10,12-13,15H,5-6,11,14H2,1-4H3,(H,25,30)(H,27,28);4-6,8-10,12,21H,2-3,7,11H2,1H3,(H,20,25)(H,23,24)/t15-;12-/m00/s1. The van der Waals surface area contributed by atoms with E-state index in [0.29, 0.717) is 53.5 Å². The minimum Gasteiger partial charge on any atom is -0.457 e. The minimum absolute atomic E-state index is 0.109. The molecule has 320 valence electrons. The molecule has 3 amide bonds. The molecule has 2 aliphatic rings. The van der Waals surface area contributed by atoms with Crippen molar-refractivity contribution in [1.29, 1.82) is 0 Å². The van der Waals surface area contributed by atoms with Crippen LogP contribution in [-0.2, 0) is 4.74 Å². The van der Waals surface area contributed by atoms with E-state index in [-0.39, 0.29) is 23.9 Å². The normalized spacial score (nSPS) is 16.5. The summed E-state index contributed by atoms with van der Waals surface area (Å²) in [6.07, 6.45) is 7.03. The smallest absolute Gasteiger partial charge is 0.410 e. The number of carbonyl (C=O) groups excluding carboxylic acids is 3. The van der Waals surface area contributed by atoms with Gasteiger partial charge >= 0.3 is 6.09 Å². The molecule has 0 bridgehead atoms. The predicted octanol–water partition coefficient (Wildman–Crippen LogP) is 7.66. The number of likely N-dealkylation sites (tertiary alicyclic amines) is 1. The highest BCUT2D eigenvalue weighted by atomic mass is 32.1. The SMILES string of the molecule is CNC(=O)c1cc(Oc2ccc3nc(N[C@H]4CCCN(C(=O)OC(C)(C)C)C4)sc3c2)ccn1.CNC(=O)c1cc(Oc2ccc3nc(N[C@H]4CCCNC4)sc3c2)ccn1. The molecule has 18 heteroatoms. The number of benzene rings is 2. The number of aromatic nitrogens is 4. The number of pyridine rings is 2. The first-order valence-electron chi connectivity index (χ1n) is 20.2. The Bertz CT molecular complexity index is 2480. The monoisotopic (exact) mass is 866 g/mol. The molecule has 6 heterocycles. The van der Waals surface area contributed by atoms with Crippen molar-refractivity contribution < 1.29 is 28.6 Å². The van der Waals surface area contributed by atoms with Crippen LogP contribution in [0.15, 0.2) is 73.1 Å². The Balaban J connectivity index is 0.000000189. The maximum Gasteiger partial charge on any atom is 0.410 e. The van der Waals surface area contributed by atoms with E-state index in [1.807, 2.05) is 57.2 Å². The number of fused-ring (bicyclic) bond motifs is 2. The molecular formula is C43H50N10O6S2. The van der Waals surface area contributed by atoms with Gasteiger partial charge in [-0.2, -0.15) is 0 Å². The number of rotatable bonds is 10. The van der Waals surface area contributed by atoms with Gasteiger partial charge < -0.3 is 45.7 Å². The van der Waals surface area contributed by atoms with Crippen LogP contribution >= 0.6 is 22.7 Å². The fraction of sp³-hybridized carbons (Fsp3) is 0.372. The van der Waals surface area contributed by atoms with Gasteiger partial charge in [0, 0.05) is 82.5 Å². The number of piperidine rings is 2.